The number of hydrogen-bond donors (Lipinski definition) is 1. The normalized spacial score (nSPS) is 22.4. The third-order valence-electron chi connectivity index (χ3n) is 3.78. The number of hydrogen-bond acceptors (Lipinski definition) is 7. The van der Waals surface area contributed by atoms with E-state index < -0.39 is 34.1 Å². The number of nitro benzene ring substituents is 1. The molecule has 0 aromatic heterocycles. The highest BCUT2D eigenvalue weighted by atomic mass is 32.2. The molecule has 2 aliphatic rings. The Balaban J connectivity index is 1.73. The number of nitro groups is 1. The summed E-state index contributed by atoms with van der Waals surface area (Å²) < 4.78 is 27.1. The van der Waals surface area contributed by atoms with Crippen LogP contribution in [0.4, 0.5) is 5.69 Å². The van der Waals surface area contributed by atoms with E-state index in [1.807, 2.05) is 0 Å². The highest BCUT2D eigenvalue weighted by molar-refractivity contribution is 7.72. The molecule has 0 amide bonds. The van der Waals surface area contributed by atoms with Crippen LogP contribution in [-0.4, -0.2) is 35.6 Å². The van der Waals surface area contributed by atoms with Crippen molar-refractivity contribution < 1.29 is 27.2 Å². The van der Waals surface area contributed by atoms with E-state index in [1.165, 1.54) is 24.3 Å². The van der Waals surface area contributed by atoms with Gasteiger partial charge in [0.1, 0.15) is 11.8 Å². The lowest BCUT2D eigenvalue weighted by atomic mass is 9.80. The van der Waals surface area contributed by atoms with Crippen molar-refractivity contribution in [3.63, 3.8) is 0 Å². The molecule has 1 aromatic rings. The van der Waals surface area contributed by atoms with Gasteiger partial charge in [0.15, 0.2) is 0 Å². The number of carbonyl (C=O) groups is 1. The Bertz CT molecular complexity index is 821. The van der Waals surface area contributed by atoms with E-state index in [9.17, 15) is 23.7 Å². The second-order valence-corrected chi connectivity index (χ2v) is 6.01. The third-order valence-corrected chi connectivity index (χ3v) is 4.55. The Morgan fingerprint density at radius 1 is 1.24 bits per heavy atom. The molecule has 1 N–H and O–H groups in total. The maximum Gasteiger partial charge on any atom is 0.491 e. The van der Waals surface area contributed by atoms with Gasteiger partial charge in [-0.15, -0.1) is 3.98 Å². The first-order chi connectivity index (χ1) is 12.0. The van der Waals surface area contributed by atoms with Crippen LogP contribution >= 0.6 is 0 Å². The molecule has 1 aliphatic heterocycles. The van der Waals surface area contributed by atoms with E-state index in [1.54, 1.807) is 0 Å². The largest absolute Gasteiger partial charge is 0.491 e. The van der Waals surface area contributed by atoms with Crippen molar-refractivity contribution in [3.05, 3.63) is 34.4 Å². The Morgan fingerprint density at radius 2 is 1.88 bits per heavy atom. The van der Waals surface area contributed by atoms with Crippen molar-refractivity contribution in [1.82, 2.24) is 0 Å². The molecule has 1 fully saturated rings. The van der Waals surface area contributed by atoms with Gasteiger partial charge in [0.2, 0.25) is 0 Å². The summed E-state index contributed by atoms with van der Waals surface area (Å²) in [5.74, 6) is -1.30. The lowest BCUT2D eigenvalue weighted by molar-refractivity contribution is -0.446. The molecule has 1 saturated carbocycles. The number of carbonyl (C=O) groups excluding carboxylic acids is 1. The van der Waals surface area contributed by atoms with Crippen LogP contribution in [0.1, 0.15) is 12.8 Å². The van der Waals surface area contributed by atoms with E-state index in [0.717, 1.165) is 3.98 Å². The van der Waals surface area contributed by atoms with Crippen molar-refractivity contribution in [1.29, 1.82) is 0 Å². The summed E-state index contributed by atoms with van der Waals surface area (Å²) in [7, 11) is 0. The van der Waals surface area contributed by atoms with E-state index in [4.69, 9.17) is 4.74 Å². The minimum Gasteiger partial charge on any atom is -0.426 e. The van der Waals surface area contributed by atoms with Gasteiger partial charge in [0.05, 0.1) is 31.5 Å². The van der Waals surface area contributed by atoms with Gasteiger partial charge in [0, 0.05) is 12.1 Å². The van der Waals surface area contributed by atoms with Crippen LogP contribution in [0.3, 0.4) is 0 Å². The molecule has 12 nitrogen and oxygen atoms in total. The van der Waals surface area contributed by atoms with E-state index in [-0.39, 0.29) is 17.4 Å². The van der Waals surface area contributed by atoms with Crippen molar-refractivity contribution in [2.75, 3.05) is 0 Å². The van der Waals surface area contributed by atoms with Crippen LogP contribution in [0, 0.1) is 16.0 Å². The fraction of sp³-hybridized carbons (Fsp3) is 0.333. The lowest BCUT2D eigenvalue weighted by Gasteiger charge is -2.33. The van der Waals surface area contributed by atoms with Gasteiger partial charge < -0.3 is 4.74 Å². The summed E-state index contributed by atoms with van der Waals surface area (Å²) >= 11 is -2.46. The second kappa shape index (κ2) is 6.90. The molecule has 0 spiro atoms. The molecule has 0 saturated heterocycles. The quantitative estimate of drug-likeness (QED) is 0.208. The Labute approximate surface area is 142 Å². The first-order valence-corrected chi connectivity index (χ1v) is 8.09. The number of ether oxygens (including phenoxy) is 1. The third kappa shape index (κ3) is 3.46. The summed E-state index contributed by atoms with van der Waals surface area (Å²) in [6.45, 7) is 0. The average Bonchev–Trinajstić information content (AvgIpc) is 3.05. The van der Waals surface area contributed by atoms with Crippen molar-refractivity contribution in [2.24, 2.45) is 26.6 Å². The topological polar surface area (TPSA) is 159 Å². The maximum absolute atomic E-state index is 12.3. The van der Waals surface area contributed by atoms with Crippen LogP contribution in [0.2, 0.25) is 0 Å². The van der Waals surface area contributed by atoms with Crippen LogP contribution in [0.5, 0.6) is 5.75 Å². The molecule has 130 valence electrons. The van der Waals surface area contributed by atoms with Crippen LogP contribution < -0.4 is 4.74 Å². The van der Waals surface area contributed by atoms with Gasteiger partial charge in [-0.3, -0.25) is 19.5 Å². The molecular weight excluding hydrogens is 356 g/mol. The van der Waals surface area contributed by atoms with Gasteiger partial charge >= 0.3 is 23.2 Å². The molecule has 0 bridgehead atoms. The fourth-order valence-corrected chi connectivity index (χ4v) is 3.12. The van der Waals surface area contributed by atoms with Crippen LogP contribution in [0.25, 0.3) is 0 Å². The molecule has 1 aliphatic carbocycles. The van der Waals surface area contributed by atoms with Crippen molar-refractivity contribution in [2.45, 2.75) is 18.9 Å². The van der Waals surface area contributed by atoms with Gasteiger partial charge in [-0.2, -0.15) is 4.21 Å². The molecule has 3 atom stereocenters. The zero-order chi connectivity index (χ0) is 18.0. The number of guanidine groups is 1. The molecule has 1 heterocycles. The number of rotatable bonds is 5. The summed E-state index contributed by atoms with van der Waals surface area (Å²) in [6.07, 6.45) is 0.909. The predicted molar refractivity (Wildman–Crippen MR) is 81.0 cm³/mol. The van der Waals surface area contributed by atoms with Gasteiger partial charge in [-0.05, 0) is 25.0 Å². The van der Waals surface area contributed by atoms with E-state index in [2.05, 4.69) is 20.7 Å². The van der Waals surface area contributed by atoms with E-state index >= 15 is 0 Å². The molecule has 25 heavy (non-hydrogen) atoms. The average molecular weight is 367 g/mol. The lowest BCUT2D eigenvalue weighted by Crippen LogP contribution is -2.49. The molecule has 0 radical (unpaired) electrons. The number of esters is 1. The summed E-state index contributed by atoms with van der Waals surface area (Å²) in [5, 5.41) is 24.2. The number of non-ortho nitro benzene ring substituents is 1. The minimum atomic E-state index is -2.46. The van der Waals surface area contributed by atoms with Crippen LogP contribution in [-0.2, 0) is 16.1 Å². The summed E-state index contributed by atoms with van der Waals surface area (Å²) in [4.78, 5) is 22.3. The van der Waals surface area contributed by atoms with Gasteiger partial charge in [0.25, 0.3) is 5.69 Å². The molecule has 1 aromatic carbocycles. The highest BCUT2D eigenvalue weighted by Gasteiger charge is 2.46. The zero-order valence-corrected chi connectivity index (χ0v) is 13.3. The number of benzene rings is 1. The maximum atomic E-state index is 12.3. The summed E-state index contributed by atoms with van der Waals surface area (Å²) in [5.41, 5.74) is -0.128. The Hall–Kier alpha value is -2.93. The first kappa shape index (κ1) is 16.9. The Kier molecular flexibility index (Phi) is 4.67. The highest BCUT2D eigenvalue weighted by Crippen LogP contribution is 2.33. The standard InChI is InChI=1S/C12H10N6O6S/c19-11(24-8-3-1-7(2-4-8)18(20)21)9-5-6-10(9)17(25(22)23)12-13-15-16-14-12/h1-4,9-10H,5-6H2/p+1. The van der Waals surface area contributed by atoms with Gasteiger partial charge in [-0.1, -0.05) is 0 Å². The zero-order valence-electron chi connectivity index (χ0n) is 12.5. The predicted octanol–water partition coefficient (Wildman–Crippen LogP) is 1.62. The summed E-state index contributed by atoms with van der Waals surface area (Å²) in [6, 6.07) is 4.40. The molecular formula is C12H11N6O6S+. The monoisotopic (exact) mass is 367 g/mol. The van der Waals surface area contributed by atoms with Gasteiger partial charge in [-0.25, -0.2) is 0 Å². The van der Waals surface area contributed by atoms with Crippen molar-refractivity contribution >= 4 is 28.9 Å². The van der Waals surface area contributed by atoms with Crippen molar-refractivity contribution in [3.8, 4) is 5.75 Å². The molecule has 3 unspecified atom stereocenters. The first-order valence-electron chi connectivity index (χ1n) is 7.02. The fourth-order valence-electron chi connectivity index (χ4n) is 2.43. The second-order valence-electron chi connectivity index (χ2n) is 5.16. The molecule has 13 heteroatoms. The SMILES string of the molecule is O=C(Oc1ccc([N+](=O)[O-])cc1)C1CCC1[N+](=C1N=NN=N1)S(=O)O. The Morgan fingerprint density at radius 3 is 2.36 bits per heavy atom. The number of nitrogens with zero attached hydrogens (tertiary/aromatic N) is 6. The minimum absolute atomic E-state index is 0.128. The molecule has 3 rings (SSSR count). The smallest absolute Gasteiger partial charge is 0.426 e. The van der Waals surface area contributed by atoms with Crippen LogP contribution in [0.15, 0.2) is 44.9 Å². The van der Waals surface area contributed by atoms with E-state index in [0.29, 0.717) is 12.8 Å².